The number of rotatable bonds is 6. The Balaban J connectivity index is 1.62. The quantitative estimate of drug-likeness (QED) is 0.598. The van der Waals surface area contributed by atoms with E-state index in [1.54, 1.807) is 0 Å². The van der Waals surface area contributed by atoms with Crippen LogP contribution in [-0.4, -0.2) is 59.4 Å². The number of hydrogen-bond donors (Lipinski definition) is 1. The number of anilines is 1. The summed E-state index contributed by atoms with van der Waals surface area (Å²) >= 11 is 0. The van der Waals surface area contributed by atoms with E-state index in [1.165, 1.54) is 12.1 Å². The smallest absolute Gasteiger partial charge is 0.299 e. The number of amides is 1. The lowest BCUT2D eigenvalue weighted by Crippen LogP contribution is -2.49. The summed E-state index contributed by atoms with van der Waals surface area (Å²) in [7, 11) is 0. The van der Waals surface area contributed by atoms with Gasteiger partial charge in [0.05, 0.1) is 22.5 Å². The van der Waals surface area contributed by atoms with Gasteiger partial charge in [-0.25, -0.2) is 0 Å². The molecule has 0 unspecified atom stereocenters. The van der Waals surface area contributed by atoms with Crippen molar-refractivity contribution in [3.05, 3.63) is 38.4 Å². The Bertz CT molecular complexity index is 698. The Kier molecular flexibility index (Phi) is 4.79. The Morgan fingerprint density at radius 3 is 2.36 bits per heavy atom. The van der Waals surface area contributed by atoms with Crippen molar-refractivity contribution in [3.63, 3.8) is 0 Å². The first-order valence-corrected chi connectivity index (χ1v) is 8.13. The second kappa shape index (κ2) is 7.01. The van der Waals surface area contributed by atoms with Crippen LogP contribution in [0, 0.1) is 20.2 Å². The number of nitrogens with zero attached hydrogens (tertiary/aromatic N) is 4. The zero-order valence-electron chi connectivity index (χ0n) is 13.6. The number of non-ortho nitro benzene ring substituents is 1. The fourth-order valence-corrected chi connectivity index (χ4v) is 2.89. The van der Waals surface area contributed by atoms with E-state index in [1.807, 2.05) is 9.80 Å². The molecule has 0 radical (unpaired) electrons. The Morgan fingerprint density at radius 1 is 1.12 bits per heavy atom. The molecule has 1 saturated heterocycles. The molecule has 0 bridgehead atoms. The van der Waals surface area contributed by atoms with Crippen LogP contribution < -0.4 is 10.2 Å². The van der Waals surface area contributed by atoms with E-state index in [4.69, 9.17) is 0 Å². The minimum Gasteiger partial charge on any atom is -0.363 e. The molecule has 25 heavy (non-hydrogen) atoms. The third kappa shape index (κ3) is 4.21. The highest BCUT2D eigenvalue weighted by Crippen LogP contribution is 2.32. The van der Waals surface area contributed by atoms with E-state index in [0.29, 0.717) is 44.5 Å². The summed E-state index contributed by atoms with van der Waals surface area (Å²) in [4.78, 5) is 36.5. The maximum absolute atomic E-state index is 11.8. The number of benzene rings is 1. The maximum atomic E-state index is 11.8. The van der Waals surface area contributed by atoms with Crippen LogP contribution in [0.15, 0.2) is 18.2 Å². The second-order valence-corrected chi connectivity index (χ2v) is 6.29. The molecule has 1 N–H and O–H groups in total. The molecule has 2 fully saturated rings. The van der Waals surface area contributed by atoms with Crippen LogP contribution in [0.3, 0.4) is 0 Å². The molecule has 134 valence electrons. The number of nitro groups is 2. The van der Waals surface area contributed by atoms with Crippen LogP contribution in [0.5, 0.6) is 0 Å². The molecular formula is C15H19N5O5. The molecule has 1 aliphatic carbocycles. The molecule has 1 saturated carbocycles. The lowest BCUT2D eigenvalue weighted by Gasteiger charge is -2.35. The van der Waals surface area contributed by atoms with Gasteiger partial charge in [-0.2, -0.15) is 0 Å². The van der Waals surface area contributed by atoms with Crippen molar-refractivity contribution in [1.29, 1.82) is 0 Å². The van der Waals surface area contributed by atoms with E-state index in [9.17, 15) is 25.0 Å². The van der Waals surface area contributed by atoms with Crippen molar-refractivity contribution in [2.45, 2.75) is 18.9 Å². The lowest BCUT2D eigenvalue weighted by atomic mass is 10.2. The maximum Gasteiger partial charge on any atom is 0.299 e. The van der Waals surface area contributed by atoms with Crippen molar-refractivity contribution < 1.29 is 14.6 Å². The number of nitrogens with one attached hydrogen (secondary N) is 1. The molecule has 10 heteroatoms. The van der Waals surface area contributed by atoms with Gasteiger partial charge in [-0.1, -0.05) is 0 Å². The van der Waals surface area contributed by atoms with E-state index in [-0.39, 0.29) is 17.3 Å². The number of hydrogen-bond acceptors (Lipinski definition) is 7. The number of nitro benzene ring substituents is 2. The summed E-state index contributed by atoms with van der Waals surface area (Å²) in [5.41, 5.74) is -0.197. The third-order valence-electron chi connectivity index (χ3n) is 4.39. The van der Waals surface area contributed by atoms with Gasteiger partial charge in [0.2, 0.25) is 5.91 Å². The van der Waals surface area contributed by atoms with E-state index in [0.717, 1.165) is 18.9 Å². The summed E-state index contributed by atoms with van der Waals surface area (Å²) in [6, 6.07) is 4.02. The van der Waals surface area contributed by atoms with Crippen LogP contribution in [0.4, 0.5) is 17.1 Å². The molecule has 3 rings (SSSR count). The van der Waals surface area contributed by atoms with Gasteiger partial charge < -0.3 is 10.2 Å². The van der Waals surface area contributed by atoms with Gasteiger partial charge >= 0.3 is 0 Å². The van der Waals surface area contributed by atoms with E-state index < -0.39 is 9.85 Å². The first-order chi connectivity index (χ1) is 11.9. The molecule has 1 aliphatic heterocycles. The molecule has 1 aromatic rings. The molecule has 0 spiro atoms. The van der Waals surface area contributed by atoms with Crippen molar-refractivity contribution in [1.82, 2.24) is 10.2 Å². The number of carbonyl (C=O) groups is 1. The first kappa shape index (κ1) is 17.1. The van der Waals surface area contributed by atoms with Gasteiger partial charge in [-0.05, 0) is 18.9 Å². The summed E-state index contributed by atoms with van der Waals surface area (Å²) < 4.78 is 0. The zero-order chi connectivity index (χ0) is 18.0. The van der Waals surface area contributed by atoms with Gasteiger partial charge in [0.15, 0.2) is 0 Å². The summed E-state index contributed by atoms with van der Waals surface area (Å²) in [5, 5.41) is 25.0. The predicted octanol–water partition coefficient (Wildman–Crippen LogP) is 0.904. The van der Waals surface area contributed by atoms with Crippen LogP contribution in [0.1, 0.15) is 12.8 Å². The van der Waals surface area contributed by atoms with Gasteiger partial charge in [0, 0.05) is 38.3 Å². The standard InChI is InChI=1S/C15H19N5O5/c21-15(16-11-1-2-11)10-17-5-7-18(8-6-17)13-4-3-12(19(22)23)9-14(13)20(24)25/h3-4,9,11H,1-2,5-8,10H2,(H,16,21). The first-order valence-electron chi connectivity index (χ1n) is 8.13. The fourth-order valence-electron chi connectivity index (χ4n) is 2.89. The molecular weight excluding hydrogens is 330 g/mol. The highest BCUT2D eigenvalue weighted by molar-refractivity contribution is 5.78. The Morgan fingerprint density at radius 2 is 1.80 bits per heavy atom. The van der Waals surface area contributed by atoms with Gasteiger partial charge in [0.1, 0.15) is 5.69 Å². The van der Waals surface area contributed by atoms with Crippen LogP contribution in [0.2, 0.25) is 0 Å². The SMILES string of the molecule is O=C(CN1CCN(c2ccc([N+](=O)[O-])cc2[N+](=O)[O-])CC1)NC1CC1. The van der Waals surface area contributed by atoms with Gasteiger partial charge in [-0.3, -0.25) is 29.9 Å². The topological polar surface area (TPSA) is 122 Å². The Labute approximate surface area is 143 Å². The largest absolute Gasteiger partial charge is 0.363 e. The van der Waals surface area contributed by atoms with Crippen molar-refractivity contribution >= 4 is 23.0 Å². The van der Waals surface area contributed by atoms with Crippen molar-refractivity contribution in [2.24, 2.45) is 0 Å². The summed E-state index contributed by atoms with van der Waals surface area (Å²) in [6.07, 6.45) is 2.09. The minimum atomic E-state index is -0.646. The normalized spacial score (nSPS) is 18.0. The van der Waals surface area contributed by atoms with Crippen LogP contribution >= 0.6 is 0 Å². The predicted molar refractivity (Wildman–Crippen MR) is 89.6 cm³/mol. The highest BCUT2D eigenvalue weighted by atomic mass is 16.6. The summed E-state index contributed by atoms with van der Waals surface area (Å²) in [5.74, 6) is 0.0114. The molecule has 1 aromatic carbocycles. The fraction of sp³-hybridized carbons (Fsp3) is 0.533. The van der Waals surface area contributed by atoms with Crippen LogP contribution in [0.25, 0.3) is 0 Å². The zero-order valence-corrected chi connectivity index (χ0v) is 13.6. The van der Waals surface area contributed by atoms with Crippen LogP contribution in [-0.2, 0) is 4.79 Å². The highest BCUT2D eigenvalue weighted by Gasteiger charge is 2.28. The average molecular weight is 349 g/mol. The van der Waals surface area contributed by atoms with E-state index in [2.05, 4.69) is 5.32 Å². The Hall–Kier alpha value is -2.75. The molecule has 2 aliphatic rings. The molecule has 0 aromatic heterocycles. The average Bonchev–Trinajstić information content (AvgIpc) is 3.38. The monoisotopic (exact) mass is 349 g/mol. The third-order valence-corrected chi connectivity index (χ3v) is 4.39. The van der Waals surface area contributed by atoms with Gasteiger partial charge in [-0.15, -0.1) is 0 Å². The van der Waals surface area contributed by atoms with Gasteiger partial charge in [0.25, 0.3) is 11.4 Å². The molecule has 1 amide bonds. The lowest BCUT2D eigenvalue weighted by molar-refractivity contribution is -0.393. The summed E-state index contributed by atoms with van der Waals surface area (Å²) in [6.45, 7) is 2.58. The second-order valence-electron chi connectivity index (χ2n) is 6.29. The number of piperazine rings is 1. The van der Waals surface area contributed by atoms with E-state index >= 15 is 0 Å². The number of carbonyl (C=O) groups excluding carboxylic acids is 1. The molecule has 1 heterocycles. The van der Waals surface area contributed by atoms with Crippen molar-refractivity contribution in [3.8, 4) is 0 Å². The molecule has 0 atom stereocenters. The molecule has 10 nitrogen and oxygen atoms in total. The van der Waals surface area contributed by atoms with Crippen molar-refractivity contribution in [2.75, 3.05) is 37.6 Å². The minimum absolute atomic E-state index is 0.0114.